The van der Waals surface area contributed by atoms with E-state index < -0.39 is 0 Å². The van der Waals surface area contributed by atoms with E-state index in [1.54, 1.807) is 0 Å². The van der Waals surface area contributed by atoms with E-state index in [1.807, 2.05) is 0 Å². The third kappa shape index (κ3) is 0.610. The average molecular weight is 164 g/mol. The molecule has 0 aromatic heterocycles. The van der Waals surface area contributed by atoms with Crippen molar-refractivity contribution in [3.05, 3.63) is 12.2 Å². The molecule has 0 radical (unpaired) electrons. The van der Waals surface area contributed by atoms with Crippen LogP contribution in [0.1, 0.15) is 19.3 Å². The van der Waals surface area contributed by atoms with Crippen molar-refractivity contribution in [3.63, 3.8) is 0 Å². The minimum absolute atomic E-state index is 0.426. The van der Waals surface area contributed by atoms with Crippen molar-refractivity contribution in [2.24, 2.45) is 29.6 Å². The van der Waals surface area contributed by atoms with Crippen LogP contribution in [0, 0.1) is 29.6 Å². The zero-order valence-electron chi connectivity index (χ0n) is 7.37. The quantitative estimate of drug-likeness (QED) is 0.586. The van der Waals surface area contributed by atoms with Crippen LogP contribution in [0.3, 0.4) is 0 Å². The molecule has 4 fully saturated rings. The Morgan fingerprint density at radius 1 is 1.25 bits per heavy atom. The Labute approximate surface area is 73.5 Å². The van der Waals surface area contributed by atoms with Crippen LogP contribution in [0.15, 0.2) is 12.2 Å². The van der Waals surface area contributed by atoms with E-state index in [0.717, 1.165) is 23.7 Å². The second-order valence-electron chi connectivity index (χ2n) is 4.78. The Kier molecular flexibility index (Phi) is 1.27. The molecule has 66 valence electrons. The van der Waals surface area contributed by atoms with Gasteiger partial charge in [0.05, 0.1) is 0 Å². The molecule has 0 spiro atoms. The largest absolute Gasteiger partial charge is 0.396 e. The minimum atomic E-state index is 0.426. The van der Waals surface area contributed by atoms with Gasteiger partial charge in [0.15, 0.2) is 0 Å². The molecule has 4 bridgehead atoms. The van der Waals surface area contributed by atoms with Gasteiger partial charge in [0.1, 0.15) is 0 Å². The van der Waals surface area contributed by atoms with Gasteiger partial charge in [0.2, 0.25) is 0 Å². The molecule has 4 aliphatic carbocycles. The molecule has 4 rings (SSSR count). The lowest BCUT2D eigenvalue weighted by Crippen LogP contribution is -2.37. The SMILES string of the molecule is C=C1C2CC3C1CCC2C3CO. The van der Waals surface area contributed by atoms with Crippen LogP contribution < -0.4 is 0 Å². The van der Waals surface area contributed by atoms with Gasteiger partial charge in [-0.1, -0.05) is 12.2 Å². The molecule has 1 nitrogen and oxygen atoms in total. The fourth-order valence-electron chi connectivity index (χ4n) is 4.16. The third-order valence-corrected chi connectivity index (χ3v) is 4.63. The summed E-state index contributed by atoms with van der Waals surface area (Å²) in [5.74, 6) is 3.84. The predicted molar refractivity (Wildman–Crippen MR) is 47.5 cm³/mol. The van der Waals surface area contributed by atoms with Crippen molar-refractivity contribution in [2.75, 3.05) is 6.61 Å². The summed E-state index contributed by atoms with van der Waals surface area (Å²) in [5.41, 5.74) is 1.53. The molecule has 12 heavy (non-hydrogen) atoms. The average Bonchev–Trinajstić information content (AvgIpc) is 2.52. The summed E-state index contributed by atoms with van der Waals surface area (Å²) in [7, 11) is 0. The van der Waals surface area contributed by atoms with Crippen LogP contribution in [0.2, 0.25) is 0 Å². The molecule has 1 heteroatoms. The highest BCUT2D eigenvalue weighted by Crippen LogP contribution is 2.64. The van der Waals surface area contributed by atoms with E-state index in [9.17, 15) is 5.11 Å². The second-order valence-corrected chi connectivity index (χ2v) is 4.78. The number of allylic oxidation sites excluding steroid dienone is 1. The first-order valence-electron chi connectivity index (χ1n) is 5.12. The van der Waals surface area contributed by atoms with Crippen LogP contribution in [0.25, 0.3) is 0 Å². The van der Waals surface area contributed by atoms with Gasteiger partial charge in [-0.3, -0.25) is 0 Å². The van der Waals surface area contributed by atoms with Gasteiger partial charge >= 0.3 is 0 Å². The van der Waals surface area contributed by atoms with E-state index in [0.29, 0.717) is 12.5 Å². The molecule has 0 saturated heterocycles. The number of hydrogen-bond acceptors (Lipinski definition) is 1. The Morgan fingerprint density at radius 2 is 2.08 bits per heavy atom. The van der Waals surface area contributed by atoms with E-state index in [4.69, 9.17) is 0 Å². The van der Waals surface area contributed by atoms with Crippen LogP contribution in [0.5, 0.6) is 0 Å². The summed E-state index contributed by atoms with van der Waals surface area (Å²) in [5, 5.41) is 9.27. The van der Waals surface area contributed by atoms with E-state index >= 15 is 0 Å². The Balaban J connectivity index is 1.99. The highest BCUT2D eigenvalue weighted by Gasteiger charge is 2.57. The Hall–Kier alpha value is -0.300. The summed E-state index contributed by atoms with van der Waals surface area (Å²) in [6, 6.07) is 0. The number of aliphatic hydroxyl groups is 1. The van der Waals surface area contributed by atoms with Gasteiger partial charge < -0.3 is 5.11 Å². The van der Waals surface area contributed by atoms with Crippen LogP contribution in [-0.4, -0.2) is 11.7 Å². The van der Waals surface area contributed by atoms with Crippen LogP contribution in [0.4, 0.5) is 0 Å². The standard InChI is InChI=1S/C11H16O/c1-6-7-2-3-8-9(6)4-10(7)11(8)5-12/h7-12H,1-5H2. The lowest BCUT2D eigenvalue weighted by molar-refractivity contribution is 0.0717. The first-order chi connectivity index (χ1) is 5.83. The third-order valence-electron chi connectivity index (χ3n) is 4.63. The summed E-state index contributed by atoms with van der Waals surface area (Å²) in [6.45, 7) is 4.63. The molecule has 1 N–H and O–H groups in total. The zero-order chi connectivity index (χ0) is 8.29. The summed E-state index contributed by atoms with van der Waals surface area (Å²) in [6.07, 6.45) is 4.07. The summed E-state index contributed by atoms with van der Waals surface area (Å²) < 4.78 is 0. The number of rotatable bonds is 1. The molecule has 5 atom stereocenters. The Bertz CT molecular complexity index is 223. The summed E-state index contributed by atoms with van der Waals surface area (Å²) in [4.78, 5) is 0. The normalized spacial score (nSPS) is 55.4. The van der Waals surface area contributed by atoms with E-state index in [1.165, 1.54) is 24.8 Å². The minimum Gasteiger partial charge on any atom is -0.396 e. The lowest BCUT2D eigenvalue weighted by Gasteiger charge is -2.42. The second kappa shape index (κ2) is 2.14. The molecule has 0 aromatic carbocycles. The lowest BCUT2D eigenvalue weighted by atomic mass is 9.63. The van der Waals surface area contributed by atoms with Gasteiger partial charge in [0.25, 0.3) is 0 Å². The molecular weight excluding hydrogens is 148 g/mol. The highest BCUT2D eigenvalue weighted by atomic mass is 16.3. The highest BCUT2D eigenvalue weighted by molar-refractivity contribution is 5.24. The Morgan fingerprint density at radius 3 is 2.67 bits per heavy atom. The molecule has 0 heterocycles. The predicted octanol–water partition coefficient (Wildman–Crippen LogP) is 1.83. The van der Waals surface area contributed by atoms with Crippen LogP contribution >= 0.6 is 0 Å². The first kappa shape index (κ1) is 7.14. The number of aliphatic hydroxyl groups excluding tert-OH is 1. The topological polar surface area (TPSA) is 20.2 Å². The molecule has 0 aromatic rings. The molecule has 0 amide bonds. The maximum atomic E-state index is 9.27. The first-order valence-corrected chi connectivity index (χ1v) is 5.12. The fourth-order valence-corrected chi connectivity index (χ4v) is 4.16. The van der Waals surface area contributed by atoms with E-state index in [2.05, 4.69) is 6.58 Å². The molecule has 0 aliphatic heterocycles. The van der Waals surface area contributed by atoms with Gasteiger partial charge in [-0.15, -0.1) is 0 Å². The smallest absolute Gasteiger partial charge is 0.0465 e. The van der Waals surface area contributed by atoms with Crippen LogP contribution in [-0.2, 0) is 0 Å². The van der Waals surface area contributed by atoms with Gasteiger partial charge in [-0.05, 0) is 48.9 Å². The van der Waals surface area contributed by atoms with Gasteiger partial charge in [-0.25, -0.2) is 0 Å². The van der Waals surface area contributed by atoms with Gasteiger partial charge in [-0.2, -0.15) is 0 Å². The maximum Gasteiger partial charge on any atom is 0.0465 e. The van der Waals surface area contributed by atoms with Crippen molar-refractivity contribution < 1.29 is 5.11 Å². The van der Waals surface area contributed by atoms with Crippen molar-refractivity contribution in [1.29, 1.82) is 0 Å². The molecular formula is C11H16O. The molecule has 5 unspecified atom stereocenters. The molecule has 4 aliphatic rings. The number of fused-ring (bicyclic) bond motifs is 1. The molecule has 4 saturated carbocycles. The van der Waals surface area contributed by atoms with Gasteiger partial charge in [0, 0.05) is 6.61 Å². The summed E-state index contributed by atoms with van der Waals surface area (Å²) >= 11 is 0. The monoisotopic (exact) mass is 164 g/mol. The zero-order valence-corrected chi connectivity index (χ0v) is 7.37. The van der Waals surface area contributed by atoms with Crippen molar-refractivity contribution in [3.8, 4) is 0 Å². The number of hydrogen-bond donors (Lipinski definition) is 1. The van der Waals surface area contributed by atoms with Crippen molar-refractivity contribution in [2.45, 2.75) is 19.3 Å². The fraction of sp³-hybridized carbons (Fsp3) is 0.818. The van der Waals surface area contributed by atoms with Crippen molar-refractivity contribution in [1.82, 2.24) is 0 Å². The van der Waals surface area contributed by atoms with Crippen molar-refractivity contribution >= 4 is 0 Å². The van der Waals surface area contributed by atoms with E-state index in [-0.39, 0.29) is 0 Å². The maximum absolute atomic E-state index is 9.27.